The molecule has 3 N–H and O–H groups in total. The Labute approximate surface area is 118 Å². The largest absolute Gasteiger partial charge is 0.327 e. The molecule has 1 aromatic rings. The van der Waals surface area contributed by atoms with Crippen molar-refractivity contribution in [2.24, 2.45) is 18.7 Å². The van der Waals surface area contributed by atoms with Gasteiger partial charge in [-0.2, -0.15) is 0 Å². The second-order valence-electron chi connectivity index (χ2n) is 4.97. The number of hydrogen-bond acceptors (Lipinski definition) is 3. The summed E-state index contributed by atoms with van der Waals surface area (Å²) >= 11 is 0. The first-order chi connectivity index (χ1) is 8.56. The molecule has 1 fully saturated rings. The fourth-order valence-corrected chi connectivity index (χ4v) is 2.44. The topological polar surface area (TPSA) is 77.1 Å². The molecule has 1 aromatic heterocycles. The van der Waals surface area contributed by atoms with Crippen LogP contribution in [0.25, 0.3) is 0 Å². The highest BCUT2D eigenvalue weighted by Gasteiger charge is 2.25. The molecule has 106 valence electrons. The SMILES string of the molecule is Cl.Cn1cc(NC(=O)C[C@@H]2CCC[C@H]2N)ccc1=O. The van der Waals surface area contributed by atoms with Crippen LogP contribution in [-0.4, -0.2) is 16.5 Å². The van der Waals surface area contributed by atoms with Crippen LogP contribution in [0.2, 0.25) is 0 Å². The number of carbonyl (C=O) groups excluding carboxylic acids is 1. The Morgan fingerprint density at radius 3 is 2.79 bits per heavy atom. The first kappa shape index (κ1) is 15.7. The number of nitrogens with two attached hydrogens (primary N) is 1. The molecule has 6 heteroatoms. The van der Waals surface area contributed by atoms with Gasteiger partial charge in [-0.25, -0.2) is 0 Å². The molecule has 0 radical (unpaired) electrons. The molecule has 0 unspecified atom stereocenters. The van der Waals surface area contributed by atoms with Gasteiger partial charge in [0.05, 0.1) is 5.69 Å². The Morgan fingerprint density at radius 2 is 2.21 bits per heavy atom. The van der Waals surface area contributed by atoms with Crippen LogP contribution in [0.1, 0.15) is 25.7 Å². The van der Waals surface area contributed by atoms with E-state index in [0.29, 0.717) is 12.1 Å². The van der Waals surface area contributed by atoms with Crippen LogP contribution in [0.15, 0.2) is 23.1 Å². The molecule has 1 aliphatic rings. The molecule has 0 aliphatic heterocycles. The lowest BCUT2D eigenvalue weighted by Gasteiger charge is -2.14. The van der Waals surface area contributed by atoms with Gasteiger partial charge in [0, 0.05) is 31.8 Å². The number of aromatic nitrogens is 1. The summed E-state index contributed by atoms with van der Waals surface area (Å²) in [6.45, 7) is 0. The Balaban J connectivity index is 0.00000180. The number of rotatable bonds is 3. The maximum Gasteiger partial charge on any atom is 0.250 e. The minimum absolute atomic E-state index is 0. The highest BCUT2D eigenvalue weighted by Crippen LogP contribution is 2.27. The zero-order valence-corrected chi connectivity index (χ0v) is 11.8. The minimum Gasteiger partial charge on any atom is -0.327 e. The molecule has 0 saturated heterocycles. The van der Waals surface area contributed by atoms with Crippen molar-refractivity contribution in [2.45, 2.75) is 31.7 Å². The van der Waals surface area contributed by atoms with E-state index in [-0.39, 0.29) is 35.8 Å². The van der Waals surface area contributed by atoms with Gasteiger partial charge >= 0.3 is 0 Å². The van der Waals surface area contributed by atoms with Gasteiger partial charge in [0.2, 0.25) is 11.5 Å². The van der Waals surface area contributed by atoms with Crippen molar-refractivity contribution < 1.29 is 4.79 Å². The number of amides is 1. The van der Waals surface area contributed by atoms with E-state index in [9.17, 15) is 9.59 Å². The lowest BCUT2D eigenvalue weighted by Crippen LogP contribution is -2.28. The van der Waals surface area contributed by atoms with Gasteiger partial charge in [-0.05, 0) is 24.8 Å². The first-order valence-electron chi connectivity index (χ1n) is 6.28. The summed E-state index contributed by atoms with van der Waals surface area (Å²) in [4.78, 5) is 23.1. The molecule has 1 saturated carbocycles. The van der Waals surface area contributed by atoms with Crippen LogP contribution >= 0.6 is 12.4 Å². The number of halogens is 1. The number of anilines is 1. The monoisotopic (exact) mass is 285 g/mol. The Morgan fingerprint density at radius 1 is 1.47 bits per heavy atom. The van der Waals surface area contributed by atoms with Crippen molar-refractivity contribution in [3.8, 4) is 0 Å². The van der Waals surface area contributed by atoms with Crippen molar-refractivity contribution in [3.05, 3.63) is 28.7 Å². The first-order valence-corrected chi connectivity index (χ1v) is 6.28. The van der Waals surface area contributed by atoms with Gasteiger partial charge in [0.25, 0.3) is 0 Å². The van der Waals surface area contributed by atoms with Gasteiger partial charge in [0.1, 0.15) is 0 Å². The Kier molecular flexibility index (Phi) is 5.57. The Hall–Kier alpha value is -1.33. The maximum absolute atomic E-state index is 11.9. The molecule has 1 amide bonds. The molecule has 1 heterocycles. The smallest absolute Gasteiger partial charge is 0.250 e. The van der Waals surface area contributed by atoms with Crippen molar-refractivity contribution in [1.29, 1.82) is 0 Å². The fraction of sp³-hybridized carbons (Fsp3) is 0.538. The summed E-state index contributed by atoms with van der Waals surface area (Å²) in [7, 11) is 1.66. The summed E-state index contributed by atoms with van der Waals surface area (Å²) in [6.07, 6.45) is 5.23. The van der Waals surface area contributed by atoms with E-state index in [0.717, 1.165) is 19.3 Å². The van der Waals surface area contributed by atoms with E-state index in [1.807, 2.05) is 0 Å². The number of hydrogen-bond donors (Lipinski definition) is 2. The third kappa shape index (κ3) is 4.08. The van der Waals surface area contributed by atoms with Crippen LogP contribution in [-0.2, 0) is 11.8 Å². The number of nitrogens with one attached hydrogen (secondary N) is 1. The molecule has 0 aromatic carbocycles. The van der Waals surface area contributed by atoms with Crippen molar-refractivity contribution in [2.75, 3.05) is 5.32 Å². The highest BCUT2D eigenvalue weighted by molar-refractivity contribution is 5.90. The second kappa shape index (κ2) is 6.73. The fourth-order valence-electron chi connectivity index (χ4n) is 2.44. The Bertz CT molecular complexity index is 501. The maximum atomic E-state index is 11.9. The van der Waals surface area contributed by atoms with Crippen LogP contribution in [0.4, 0.5) is 5.69 Å². The molecule has 5 nitrogen and oxygen atoms in total. The molecule has 19 heavy (non-hydrogen) atoms. The lowest BCUT2D eigenvalue weighted by atomic mass is 10.00. The van der Waals surface area contributed by atoms with Crippen molar-refractivity contribution in [1.82, 2.24) is 4.57 Å². The third-order valence-electron chi connectivity index (χ3n) is 3.54. The molecule has 2 atom stereocenters. The zero-order valence-electron chi connectivity index (χ0n) is 11.0. The highest BCUT2D eigenvalue weighted by atomic mass is 35.5. The summed E-state index contributed by atoms with van der Waals surface area (Å²) < 4.78 is 1.44. The van der Waals surface area contributed by atoms with Crippen molar-refractivity contribution in [3.63, 3.8) is 0 Å². The van der Waals surface area contributed by atoms with E-state index in [4.69, 9.17) is 5.73 Å². The standard InChI is InChI=1S/C13H19N3O2.ClH/c1-16-8-10(5-6-13(16)18)15-12(17)7-9-3-2-4-11(9)14;/h5-6,8-9,11H,2-4,7,14H2,1H3,(H,15,17);1H/t9-,11+;/m0./s1. The minimum atomic E-state index is -0.0918. The molecular weight excluding hydrogens is 266 g/mol. The number of aryl methyl sites for hydroxylation is 1. The van der Waals surface area contributed by atoms with E-state index in [1.165, 1.54) is 10.6 Å². The van der Waals surface area contributed by atoms with Crippen molar-refractivity contribution >= 4 is 24.0 Å². The quantitative estimate of drug-likeness (QED) is 0.878. The van der Waals surface area contributed by atoms with Crippen LogP contribution < -0.4 is 16.6 Å². The van der Waals surface area contributed by atoms with Gasteiger partial charge in [-0.1, -0.05) is 6.42 Å². The van der Waals surface area contributed by atoms with Crippen LogP contribution in [0.5, 0.6) is 0 Å². The average Bonchev–Trinajstić information content (AvgIpc) is 2.70. The number of pyridine rings is 1. The van der Waals surface area contributed by atoms with Gasteiger partial charge in [-0.3, -0.25) is 9.59 Å². The predicted molar refractivity (Wildman–Crippen MR) is 77.5 cm³/mol. The molecule has 0 bridgehead atoms. The summed E-state index contributed by atoms with van der Waals surface area (Å²) in [5.41, 5.74) is 6.49. The number of nitrogens with zero attached hydrogens (tertiary/aromatic N) is 1. The summed E-state index contributed by atoms with van der Waals surface area (Å²) in [5.74, 6) is 0.258. The zero-order chi connectivity index (χ0) is 13.1. The van der Waals surface area contributed by atoms with Crippen LogP contribution in [0, 0.1) is 5.92 Å². The molecule has 1 aliphatic carbocycles. The van der Waals surface area contributed by atoms with Gasteiger partial charge in [0.15, 0.2) is 0 Å². The van der Waals surface area contributed by atoms with E-state index >= 15 is 0 Å². The lowest BCUT2D eigenvalue weighted by molar-refractivity contribution is -0.117. The molecule has 0 spiro atoms. The van der Waals surface area contributed by atoms with E-state index in [2.05, 4.69) is 5.32 Å². The van der Waals surface area contributed by atoms with Gasteiger partial charge in [-0.15, -0.1) is 12.4 Å². The number of carbonyl (C=O) groups is 1. The van der Waals surface area contributed by atoms with Gasteiger partial charge < -0.3 is 15.6 Å². The summed E-state index contributed by atoms with van der Waals surface area (Å²) in [6, 6.07) is 3.21. The average molecular weight is 286 g/mol. The molecule has 2 rings (SSSR count). The van der Waals surface area contributed by atoms with E-state index in [1.54, 1.807) is 19.3 Å². The van der Waals surface area contributed by atoms with E-state index < -0.39 is 0 Å². The third-order valence-corrected chi connectivity index (χ3v) is 3.54. The second-order valence-corrected chi connectivity index (χ2v) is 4.97. The molecular formula is C13H20ClN3O2. The predicted octanol–water partition coefficient (Wildman–Crippen LogP) is 1.26. The normalized spacial score (nSPS) is 21.8. The van der Waals surface area contributed by atoms with Crippen LogP contribution in [0.3, 0.4) is 0 Å². The summed E-state index contributed by atoms with van der Waals surface area (Å²) in [5, 5.41) is 2.80.